The molecule has 0 aromatic carbocycles. The van der Waals surface area contributed by atoms with Gasteiger partial charge in [-0.3, -0.25) is 10.2 Å². The molecule has 6 N–H and O–H groups in total. The SMILES string of the molecule is CCCCC(=O)NC(=NC=N)c1ccc([C@]2(C)O[C@H](CO)[C@@H](O)[C@H]2O)[nH]1. The quantitative estimate of drug-likeness (QED) is 0.296. The Morgan fingerprint density at radius 1 is 1.50 bits per heavy atom. The van der Waals surface area contributed by atoms with Crippen LogP contribution in [0.1, 0.15) is 44.5 Å². The van der Waals surface area contributed by atoms with E-state index in [1.807, 2.05) is 6.92 Å². The van der Waals surface area contributed by atoms with E-state index < -0.39 is 30.5 Å². The highest BCUT2D eigenvalue weighted by Crippen LogP contribution is 2.39. The maximum atomic E-state index is 12.0. The van der Waals surface area contributed by atoms with Crippen LogP contribution in [0, 0.1) is 5.41 Å². The van der Waals surface area contributed by atoms with Gasteiger partial charge in [0, 0.05) is 6.42 Å². The van der Waals surface area contributed by atoms with Gasteiger partial charge in [0.2, 0.25) is 5.91 Å². The number of hydrogen-bond acceptors (Lipinski definition) is 6. The Kier molecular flexibility index (Phi) is 6.65. The van der Waals surface area contributed by atoms with E-state index in [2.05, 4.69) is 15.3 Å². The van der Waals surface area contributed by atoms with Crippen LogP contribution in [0.2, 0.25) is 0 Å². The van der Waals surface area contributed by atoms with Crippen molar-refractivity contribution in [3.63, 3.8) is 0 Å². The standard InChI is InChI=1S/C17H26N4O5/c1-3-4-5-13(23)21-16(19-9-18)10-6-7-12(20-10)17(2)15(25)14(24)11(8-22)26-17/h6-7,9,11,14-15,20,22,24-25H,3-5,8H2,1-2H3,(H2,18,19,21,23)/t11-,14-,15-,17+/m1/s1. The van der Waals surface area contributed by atoms with Crippen LogP contribution in [0.3, 0.4) is 0 Å². The lowest BCUT2D eigenvalue weighted by atomic mass is 9.93. The summed E-state index contributed by atoms with van der Waals surface area (Å²) in [5, 5.41) is 39.4. The molecule has 1 saturated heterocycles. The average molecular weight is 366 g/mol. The highest BCUT2D eigenvalue weighted by Gasteiger charge is 2.52. The van der Waals surface area contributed by atoms with E-state index in [4.69, 9.17) is 10.1 Å². The maximum Gasteiger partial charge on any atom is 0.225 e. The van der Waals surface area contributed by atoms with Crippen molar-refractivity contribution in [2.24, 2.45) is 4.99 Å². The molecule has 1 fully saturated rings. The molecule has 9 nitrogen and oxygen atoms in total. The molecule has 1 aromatic heterocycles. The molecule has 144 valence electrons. The zero-order valence-corrected chi connectivity index (χ0v) is 14.9. The van der Waals surface area contributed by atoms with Gasteiger partial charge in [-0.15, -0.1) is 0 Å². The van der Waals surface area contributed by atoms with Gasteiger partial charge in [-0.2, -0.15) is 0 Å². The topological polar surface area (TPSA) is 151 Å². The summed E-state index contributed by atoms with van der Waals surface area (Å²) >= 11 is 0. The van der Waals surface area contributed by atoms with Gasteiger partial charge in [0.15, 0.2) is 5.84 Å². The number of H-pyrrole nitrogens is 1. The number of unbranched alkanes of at least 4 members (excludes halogenated alkanes) is 1. The minimum atomic E-state index is -1.26. The van der Waals surface area contributed by atoms with Crippen molar-refractivity contribution in [3.8, 4) is 0 Å². The van der Waals surface area contributed by atoms with Crippen molar-refractivity contribution in [2.45, 2.75) is 57.0 Å². The van der Waals surface area contributed by atoms with Gasteiger partial charge in [0.1, 0.15) is 30.3 Å². The number of carbonyl (C=O) groups excluding carboxylic acids is 1. The normalized spacial score (nSPS) is 29.0. The number of hydrogen-bond donors (Lipinski definition) is 6. The number of amides is 1. The van der Waals surface area contributed by atoms with Crippen molar-refractivity contribution in [1.29, 1.82) is 5.41 Å². The van der Waals surface area contributed by atoms with E-state index >= 15 is 0 Å². The molecule has 26 heavy (non-hydrogen) atoms. The van der Waals surface area contributed by atoms with Crippen LogP contribution >= 0.6 is 0 Å². The van der Waals surface area contributed by atoms with Gasteiger partial charge in [0.05, 0.1) is 18.0 Å². The van der Waals surface area contributed by atoms with Crippen LogP contribution in [0.5, 0.6) is 0 Å². The van der Waals surface area contributed by atoms with E-state index in [-0.39, 0.29) is 11.7 Å². The van der Waals surface area contributed by atoms with Crippen molar-refractivity contribution in [3.05, 3.63) is 23.5 Å². The molecule has 0 spiro atoms. The summed E-state index contributed by atoms with van der Waals surface area (Å²) in [7, 11) is 0. The molecule has 2 rings (SSSR count). The molecular formula is C17H26N4O5. The number of aliphatic hydroxyl groups is 3. The molecule has 1 aliphatic heterocycles. The summed E-state index contributed by atoms with van der Waals surface area (Å²) in [5.74, 6) is -0.0228. The number of aliphatic hydroxyl groups excluding tert-OH is 3. The lowest BCUT2D eigenvalue weighted by Crippen LogP contribution is -2.39. The number of ether oxygens (including phenoxy) is 1. The number of rotatable bonds is 7. The third-order valence-electron chi connectivity index (χ3n) is 4.53. The maximum absolute atomic E-state index is 12.0. The molecular weight excluding hydrogens is 340 g/mol. The Labute approximate surface area is 151 Å². The molecule has 1 aliphatic rings. The molecule has 0 bridgehead atoms. The second-order valence-electron chi connectivity index (χ2n) is 6.43. The predicted molar refractivity (Wildman–Crippen MR) is 95.1 cm³/mol. The largest absolute Gasteiger partial charge is 0.394 e. The molecule has 4 atom stereocenters. The van der Waals surface area contributed by atoms with Crippen LogP contribution in [-0.2, 0) is 15.1 Å². The van der Waals surface area contributed by atoms with Crippen LogP contribution in [-0.4, -0.2) is 63.3 Å². The summed E-state index contributed by atoms with van der Waals surface area (Å²) in [6.07, 6.45) is -0.550. The molecule has 0 saturated carbocycles. The molecule has 2 heterocycles. The number of aromatic nitrogens is 1. The monoisotopic (exact) mass is 366 g/mol. The number of aromatic amines is 1. The first-order valence-corrected chi connectivity index (χ1v) is 8.58. The van der Waals surface area contributed by atoms with E-state index in [1.54, 1.807) is 19.1 Å². The number of amidine groups is 1. The zero-order valence-electron chi connectivity index (χ0n) is 14.9. The molecule has 9 heteroatoms. The summed E-state index contributed by atoms with van der Waals surface area (Å²) in [6.45, 7) is 3.16. The minimum Gasteiger partial charge on any atom is -0.394 e. The Balaban J connectivity index is 2.22. The number of aliphatic imine (C=N–C) groups is 1. The Hall–Kier alpha value is -2.07. The zero-order chi connectivity index (χ0) is 19.3. The number of nitrogens with zero attached hydrogens (tertiary/aromatic N) is 1. The summed E-state index contributed by atoms with van der Waals surface area (Å²) < 4.78 is 5.64. The van der Waals surface area contributed by atoms with Crippen LogP contribution in [0.15, 0.2) is 17.1 Å². The second-order valence-corrected chi connectivity index (χ2v) is 6.43. The van der Waals surface area contributed by atoms with E-state index in [0.717, 1.165) is 19.2 Å². The summed E-state index contributed by atoms with van der Waals surface area (Å²) in [4.78, 5) is 18.8. The Bertz CT molecular complexity index is 674. The lowest BCUT2D eigenvalue weighted by Gasteiger charge is -2.26. The third kappa shape index (κ3) is 4.01. The first-order chi connectivity index (χ1) is 12.4. The van der Waals surface area contributed by atoms with Gasteiger partial charge in [-0.25, -0.2) is 4.99 Å². The van der Waals surface area contributed by atoms with Crippen molar-refractivity contribution < 1.29 is 24.9 Å². The highest BCUT2D eigenvalue weighted by atomic mass is 16.6. The fourth-order valence-electron chi connectivity index (χ4n) is 2.94. The van der Waals surface area contributed by atoms with Gasteiger partial charge < -0.3 is 30.4 Å². The smallest absolute Gasteiger partial charge is 0.225 e. The van der Waals surface area contributed by atoms with Crippen molar-refractivity contribution >= 4 is 18.1 Å². The molecule has 1 aromatic rings. The first-order valence-electron chi connectivity index (χ1n) is 8.58. The van der Waals surface area contributed by atoms with Crippen LogP contribution in [0.4, 0.5) is 0 Å². The summed E-state index contributed by atoms with van der Waals surface area (Å²) in [5.41, 5.74) is -0.365. The second kappa shape index (κ2) is 8.54. The van der Waals surface area contributed by atoms with Crippen LogP contribution < -0.4 is 5.32 Å². The molecule has 0 aliphatic carbocycles. The van der Waals surface area contributed by atoms with Gasteiger partial charge in [0.25, 0.3) is 0 Å². The molecule has 0 unspecified atom stereocenters. The Morgan fingerprint density at radius 3 is 2.81 bits per heavy atom. The molecule has 1 amide bonds. The van der Waals surface area contributed by atoms with E-state index in [0.29, 0.717) is 17.8 Å². The Morgan fingerprint density at radius 2 is 2.23 bits per heavy atom. The predicted octanol–water partition coefficient (Wildman–Crippen LogP) is 0.00287. The van der Waals surface area contributed by atoms with Gasteiger partial charge in [-0.1, -0.05) is 13.3 Å². The van der Waals surface area contributed by atoms with Crippen LogP contribution in [0.25, 0.3) is 0 Å². The lowest BCUT2D eigenvalue weighted by molar-refractivity contribution is -0.119. The van der Waals surface area contributed by atoms with Gasteiger partial charge >= 0.3 is 0 Å². The van der Waals surface area contributed by atoms with E-state index in [1.165, 1.54) is 0 Å². The van der Waals surface area contributed by atoms with Crippen molar-refractivity contribution in [2.75, 3.05) is 6.61 Å². The summed E-state index contributed by atoms with van der Waals surface area (Å²) in [6, 6.07) is 3.28. The minimum absolute atomic E-state index is 0.183. The first kappa shape index (κ1) is 20.2. The highest BCUT2D eigenvalue weighted by molar-refractivity contribution is 6.09. The van der Waals surface area contributed by atoms with Crippen molar-refractivity contribution in [1.82, 2.24) is 10.3 Å². The third-order valence-corrected chi connectivity index (χ3v) is 4.53. The van der Waals surface area contributed by atoms with Gasteiger partial charge in [-0.05, 0) is 25.5 Å². The van der Waals surface area contributed by atoms with E-state index in [9.17, 15) is 20.1 Å². The average Bonchev–Trinajstić information content (AvgIpc) is 3.20. The number of nitrogens with one attached hydrogen (secondary N) is 3. The fourth-order valence-corrected chi connectivity index (χ4v) is 2.94. The molecule has 0 radical (unpaired) electrons. The number of carbonyl (C=O) groups is 1. The fraction of sp³-hybridized carbons (Fsp3) is 0.588.